The first-order chi connectivity index (χ1) is 56.6. The molecule has 1 saturated carbocycles. The summed E-state index contributed by atoms with van der Waals surface area (Å²) in [5.41, 5.74) is 32.8. The third-order valence-corrected chi connectivity index (χ3v) is 21.7. The number of nitrogens with one attached hydrogen (secondary N) is 5. The molecule has 9 heterocycles. The van der Waals surface area contributed by atoms with Gasteiger partial charge in [0.25, 0.3) is 5.69 Å². The molecule has 0 radical (unpaired) electrons. The topological polar surface area (TPSA) is 286 Å². The van der Waals surface area contributed by atoms with Crippen LogP contribution < -0.4 is 32.3 Å². The molecule has 18 aromatic rings. The summed E-state index contributed by atoms with van der Waals surface area (Å²) in [6, 6.07) is 66.0. The number of nitrogen functional groups attached to an aromatic ring is 1. The number of hydrogen-bond acceptors (Lipinski definition) is 17. The van der Waals surface area contributed by atoms with Gasteiger partial charge in [-0.25, -0.2) is 0 Å². The largest absolute Gasteiger partial charge is 0.399 e. The molecule has 10 aromatic carbocycles. The van der Waals surface area contributed by atoms with E-state index >= 15 is 0 Å². The molecule has 1 unspecified atom stereocenters. The van der Waals surface area contributed by atoms with Crippen LogP contribution in [0.5, 0.6) is 0 Å². The van der Waals surface area contributed by atoms with Gasteiger partial charge in [-0.15, -0.1) is 0 Å². The molecule has 1 saturated heterocycles. The van der Waals surface area contributed by atoms with Crippen molar-refractivity contribution in [1.29, 1.82) is 0 Å². The molecule has 1 atom stereocenters. The number of nitrogens with zero attached hydrogens (tertiary/aromatic N) is 13. The van der Waals surface area contributed by atoms with Gasteiger partial charge in [0.05, 0.1) is 49.1 Å². The van der Waals surface area contributed by atoms with Gasteiger partial charge < -0.3 is 50.6 Å². The van der Waals surface area contributed by atoms with Crippen molar-refractivity contribution in [2.75, 3.05) is 33.5 Å². The van der Waals surface area contributed by atoms with Gasteiger partial charge in [-0.2, -0.15) is 0 Å². The van der Waals surface area contributed by atoms with Gasteiger partial charge in [-0.05, 0) is 183 Å². The standard InChI is InChI=1S/C24H19N5O2.C24H21N5.C23H22N4O.C22H21N5O/c1-28-10-7-17-5-6-18(12-23(17)28)21-13-19(14-22-24(21)26-9-8-25-22)27-15-16-3-2-4-20(11-16)29(30)31;1-29-10-7-17-5-6-18(12-23(17)29)21-13-20(14-22-24(21)27-9-8-26-22)28-15-16-3-2-4-19(25)11-16;1-27-11-8-15-2-3-16(12-22(15)27)20-13-18(14-21-23(20)25-10-9-24-21)26-17-4-6-19(28)7-5-17;1-27-9-6-14-2-3-15(10-20(14)27)18-11-17(12-19-22(18)24-8-7-23-19)26-16-4-5-21(28)25-13-16/h2-14,27H,15H2,1H3;2-14,28H,15,25H2,1H3;2-3,8-14,17,26H,4-7H2,1H3;2-3,6-12,16,26H,4-5,13H2,1H3,(H,25,28). The van der Waals surface area contributed by atoms with E-state index in [1.165, 1.54) is 44.2 Å². The van der Waals surface area contributed by atoms with Gasteiger partial charge in [0.1, 0.15) is 5.78 Å². The van der Waals surface area contributed by atoms with E-state index in [9.17, 15) is 19.7 Å². The lowest BCUT2D eigenvalue weighted by Gasteiger charge is -2.25. The Morgan fingerprint density at radius 3 is 1.14 bits per heavy atom. The molecule has 23 heteroatoms. The monoisotopic (exact) mass is 1530 g/mol. The summed E-state index contributed by atoms with van der Waals surface area (Å²) in [5.74, 6) is 0.498. The van der Waals surface area contributed by atoms with Crippen molar-refractivity contribution in [3.8, 4) is 44.5 Å². The number of amides is 1. The SMILES string of the molecule is Cn1ccc2ccc(-c3cc(NC4CCC(=O)CC4)cc4nccnc34)cc21.Cn1ccc2ccc(-c3cc(NC4CCC(=O)NC4)cc4nccnc34)cc21.Cn1ccc2ccc(-c3cc(NCc4cccc(N)c4)cc4nccnc34)cc21.Cn1ccc2ccc(-c3cc(NCc4cccc([N+](=O)[O-])c4)cc4nccnc34)cc21. The Hall–Kier alpha value is -14.7. The molecule has 23 nitrogen and oxygen atoms in total. The highest BCUT2D eigenvalue weighted by molar-refractivity contribution is 6.01. The van der Waals surface area contributed by atoms with Gasteiger partial charge in [0.15, 0.2) is 0 Å². The molecule has 20 rings (SSSR count). The molecule has 1 aliphatic heterocycles. The quantitative estimate of drug-likeness (QED) is 0.0316. The van der Waals surface area contributed by atoms with Crippen molar-refractivity contribution in [1.82, 2.24) is 63.5 Å². The second kappa shape index (κ2) is 32.5. The molecule has 7 N–H and O–H groups in total. The maximum absolute atomic E-state index is 11.5. The molecular formula is C93H83N19O4. The summed E-state index contributed by atoms with van der Waals surface area (Å²) in [4.78, 5) is 70.1. The summed E-state index contributed by atoms with van der Waals surface area (Å²) in [6.07, 6.45) is 26.6. The van der Waals surface area contributed by atoms with E-state index in [0.717, 1.165) is 153 Å². The van der Waals surface area contributed by atoms with E-state index in [0.29, 0.717) is 50.7 Å². The minimum atomic E-state index is -0.382. The summed E-state index contributed by atoms with van der Waals surface area (Å²) < 4.78 is 8.49. The Labute approximate surface area is 667 Å². The van der Waals surface area contributed by atoms with Crippen LogP contribution in [0.25, 0.3) is 132 Å². The molecule has 0 spiro atoms. The van der Waals surface area contributed by atoms with Gasteiger partial charge >= 0.3 is 0 Å². The number of nitrogens with two attached hydrogens (primary N) is 1. The smallest absolute Gasteiger partial charge is 0.269 e. The lowest BCUT2D eigenvalue weighted by molar-refractivity contribution is -0.384. The van der Waals surface area contributed by atoms with E-state index in [4.69, 9.17) is 5.73 Å². The number of piperidine rings is 1. The highest BCUT2D eigenvalue weighted by atomic mass is 16.6. The lowest BCUT2D eigenvalue weighted by atomic mass is 9.94. The van der Waals surface area contributed by atoms with Crippen LogP contribution in [0.3, 0.4) is 0 Å². The van der Waals surface area contributed by atoms with Crippen LogP contribution in [0, 0.1) is 10.1 Å². The minimum absolute atomic E-state index is 0.0836. The van der Waals surface area contributed by atoms with Gasteiger partial charge in [-0.3, -0.25) is 59.6 Å². The van der Waals surface area contributed by atoms with Crippen molar-refractivity contribution in [2.24, 2.45) is 28.2 Å². The Morgan fingerprint density at radius 1 is 0.405 bits per heavy atom. The number of non-ortho nitro benzene ring substituents is 1. The average molecular weight is 1530 g/mol. The number of fused-ring (bicyclic) bond motifs is 8. The van der Waals surface area contributed by atoms with Gasteiger partial charge in [0.2, 0.25) is 5.91 Å². The number of aryl methyl sites for hydroxylation is 4. The van der Waals surface area contributed by atoms with Crippen molar-refractivity contribution in [3.63, 3.8) is 0 Å². The average Bonchev–Trinajstić information content (AvgIpc) is 1.68. The number of anilines is 5. The van der Waals surface area contributed by atoms with E-state index < -0.39 is 0 Å². The molecule has 2 aliphatic rings. The van der Waals surface area contributed by atoms with Crippen molar-refractivity contribution < 1.29 is 14.5 Å². The van der Waals surface area contributed by atoms with Crippen LogP contribution in [-0.4, -0.2) is 93.4 Å². The van der Waals surface area contributed by atoms with E-state index in [-0.39, 0.29) is 22.6 Å². The van der Waals surface area contributed by atoms with E-state index in [2.05, 4.69) is 258 Å². The highest BCUT2D eigenvalue weighted by Crippen LogP contribution is 2.38. The molecule has 0 bridgehead atoms. The number of Topliss-reactive ketones (excluding diaryl/α,β-unsaturated/α-hetero) is 1. The van der Waals surface area contributed by atoms with Crippen molar-refractivity contribution in [3.05, 3.63) is 290 Å². The maximum atomic E-state index is 11.5. The fourth-order valence-corrected chi connectivity index (χ4v) is 15.6. The summed E-state index contributed by atoms with van der Waals surface area (Å²) in [5, 5.41) is 32.9. The highest BCUT2D eigenvalue weighted by Gasteiger charge is 2.23. The second-order valence-electron chi connectivity index (χ2n) is 29.6. The molecule has 1 aliphatic carbocycles. The number of rotatable bonds is 15. The van der Waals surface area contributed by atoms with Crippen LogP contribution in [-0.2, 0) is 50.9 Å². The van der Waals surface area contributed by atoms with Crippen LogP contribution >= 0.6 is 0 Å². The minimum Gasteiger partial charge on any atom is -0.399 e. The number of ketones is 1. The zero-order valence-corrected chi connectivity index (χ0v) is 64.4. The predicted molar refractivity (Wildman–Crippen MR) is 465 cm³/mol. The fourth-order valence-electron chi connectivity index (χ4n) is 15.6. The van der Waals surface area contributed by atoms with Crippen molar-refractivity contribution >= 4 is 134 Å². The fraction of sp³-hybridized carbons (Fsp3) is 0.161. The van der Waals surface area contributed by atoms with Gasteiger partial charge in [-0.1, -0.05) is 72.8 Å². The molecule has 116 heavy (non-hydrogen) atoms. The number of nitro benzene ring substituents is 1. The predicted octanol–water partition coefficient (Wildman–Crippen LogP) is 18.5. The normalized spacial score (nSPS) is 13.6. The molecule has 1 amide bonds. The summed E-state index contributed by atoms with van der Waals surface area (Å²) >= 11 is 0. The first-order valence-electron chi connectivity index (χ1n) is 38.7. The van der Waals surface area contributed by atoms with Crippen LogP contribution in [0.15, 0.2) is 268 Å². The molecular weight excluding hydrogens is 1450 g/mol. The van der Waals surface area contributed by atoms with Crippen LogP contribution in [0.2, 0.25) is 0 Å². The van der Waals surface area contributed by atoms with E-state index in [1.54, 1.807) is 61.7 Å². The third-order valence-electron chi connectivity index (χ3n) is 21.7. The number of carbonyl (C=O) groups excluding carboxylic acids is 2. The molecule has 8 aromatic heterocycles. The Balaban J connectivity index is 0.000000111. The summed E-state index contributed by atoms with van der Waals surface area (Å²) in [6.45, 7) is 1.79. The number of nitro groups is 1. The van der Waals surface area contributed by atoms with Crippen molar-refractivity contribution in [2.45, 2.75) is 63.7 Å². The van der Waals surface area contributed by atoms with Crippen LogP contribution in [0.1, 0.15) is 49.7 Å². The number of aromatic nitrogens is 12. The third kappa shape index (κ3) is 16.2. The Morgan fingerprint density at radius 2 is 0.759 bits per heavy atom. The summed E-state index contributed by atoms with van der Waals surface area (Å²) in [7, 11) is 8.21. The zero-order valence-electron chi connectivity index (χ0n) is 64.4. The van der Waals surface area contributed by atoms with Crippen LogP contribution in [0.4, 0.5) is 34.1 Å². The zero-order chi connectivity index (χ0) is 79.3. The first-order valence-corrected chi connectivity index (χ1v) is 38.7. The number of benzene rings is 10. The first kappa shape index (κ1) is 74.0. The van der Waals surface area contributed by atoms with E-state index in [1.807, 2.05) is 55.7 Å². The van der Waals surface area contributed by atoms with Gasteiger partial charge in [0, 0.05) is 238 Å². The Kier molecular flexibility index (Phi) is 20.8. The number of carbonyl (C=O) groups is 2. The second-order valence-corrected chi connectivity index (χ2v) is 29.6. The molecule has 574 valence electrons. The maximum Gasteiger partial charge on any atom is 0.269 e. The Bertz CT molecular complexity index is 6570. The molecule has 2 fully saturated rings. The number of hydrogen-bond donors (Lipinski definition) is 6. The lowest BCUT2D eigenvalue weighted by Crippen LogP contribution is -2.41.